The van der Waals surface area contributed by atoms with Crippen LogP contribution in [0.25, 0.3) is 0 Å². The highest BCUT2D eigenvalue weighted by atomic mass is 16.5. The van der Waals surface area contributed by atoms with Crippen molar-refractivity contribution in [1.82, 2.24) is 15.1 Å². The van der Waals surface area contributed by atoms with Crippen LogP contribution in [-0.4, -0.2) is 74.2 Å². The van der Waals surface area contributed by atoms with Gasteiger partial charge in [-0.25, -0.2) is 0 Å². The van der Waals surface area contributed by atoms with Crippen molar-refractivity contribution in [3.63, 3.8) is 0 Å². The predicted molar refractivity (Wildman–Crippen MR) is 75.2 cm³/mol. The highest BCUT2D eigenvalue weighted by Crippen LogP contribution is 2.08. The monoisotopic (exact) mass is 269 g/mol. The third-order valence-corrected chi connectivity index (χ3v) is 3.99. The van der Waals surface area contributed by atoms with Crippen LogP contribution in [0, 0.1) is 0 Å². The number of carbonyl (C=O) groups is 1. The molecule has 0 aromatic carbocycles. The van der Waals surface area contributed by atoms with Crippen LogP contribution in [-0.2, 0) is 9.53 Å². The zero-order valence-corrected chi connectivity index (χ0v) is 12.1. The van der Waals surface area contributed by atoms with Gasteiger partial charge in [-0.3, -0.25) is 9.69 Å². The van der Waals surface area contributed by atoms with E-state index in [0.717, 1.165) is 71.7 Å². The van der Waals surface area contributed by atoms with Gasteiger partial charge in [0.2, 0.25) is 5.91 Å². The normalized spacial score (nSPS) is 22.7. The van der Waals surface area contributed by atoms with Crippen LogP contribution < -0.4 is 5.32 Å². The molecule has 19 heavy (non-hydrogen) atoms. The van der Waals surface area contributed by atoms with E-state index in [4.69, 9.17) is 4.74 Å². The highest BCUT2D eigenvalue weighted by Gasteiger charge is 2.22. The minimum Gasteiger partial charge on any atom is -0.379 e. The molecule has 2 saturated heterocycles. The second kappa shape index (κ2) is 7.82. The molecular formula is C14H27N3O2. The average Bonchev–Trinajstić information content (AvgIpc) is 2.98. The standard InChI is InChI=1S/C14H27N3O2/c1-13(14(18)17-7-2-3-8-17)15-5-4-6-16-9-11-19-12-10-16/h13,15H,2-12H2,1H3. The van der Waals surface area contributed by atoms with Crippen LogP contribution in [0.1, 0.15) is 26.2 Å². The van der Waals surface area contributed by atoms with Crippen LogP contribution in [0.3, 0.4) is 0 Å². The van der Waals surface area contributed by atoms with E-state index in [9.17, 15) is 4.79 Å². The maximum absolute atomic E-state index is 12.1. The Morgan fingerprint density at radius 3 is 2.58 bits per heavy atom. The number of morpholine rings is 1. The highest BCUT2D eigenvalue weighted by molar-refractivity contribution is 5.81. The quantitative estimate of drug-likeness (QED) is 0.705. The third kappa shape index (κ3) is 4.75. The lowest BCUT2D eigenvalue weighted by Crippen LogP contribution is -2.44. The lowest BCUT2D eigenvalue weighted by Gasteiger charge is -2.27. The van der Waals surface area contributed by atoms with Gasteiger partial charge in [-0.05, 0) is 39.3 Å². The average molecular weight is 269 g/mol. The summed E-state index contributed by atoms with van der Waals surface area (Å²) in [5.41, 5.74) is 0. The molecule has 1 unspecified atom stereocenters. The summed E-state index contributed by atoms with van der Waals surface area (Å²) < 4.78 is 5.33. The van der Waals surface area contributed by atoms with Crippen LogP contribution in [0.5, 0.6) is 0 Å². The number of nitrogens with one attached hydrogen (secondary N) is 1. The molecule has 0 spiro atoms. The van der Waals surface area contributed by atoms with Crippen molar-refractivity contribution >= 4 is 5.91 Å². The van der Waals surface area contributed by atoms with Crippen LogP contribution >= 0.6 is 0 Å². The van der Waals surface area contributed by atoms with Crippen molar-refractivity contribution in [3.05, 3.63) is 0 Å². The summed E-state index contributed by atoms with van der Waals surface area (Å²) in [6, 6.07) is -0.0391. The Balaban J connectivity index is 1.55. The molecule has 110 valence electrons. The fourth-order valence-corrected chi connectivity index (χ4v) is 2.74. The Labute approximate surface area is 116 Å². The van der Waals surface area contributed by atoms with E-state index >= 15 is 0 Å². The summed E-state index contributed by atoms with van der Waals surface area (Å²) in [7, 11) is 0. The van der Waals surface area contributed by atoms with Gasteiger partial charge in [-0.15, -0.1) is 0 Å². The molecule has 0 saturated carbocycles. The Bertz CT molecular complexity index is 274. The molecule has 1 amide bonds. The molecule has 2 aliphatic heterocycles. The zero-order valence-electron chi connectivity index (χ0n) is 12.1. The first-order chi connectivity index (χ1) is 9.27. The van der Waals surface area contributed by atoms with Gasteiger partial charge in [0.15, 0.2) is 0 Å². The van der Waals surface area contributed by atoms with Crippen molar-refractivity contribution in [2.75, 3.05) is 52.5 Å². The van der Waals surface area contributed by atoms with Crippen molar-refractivity contribution in [1.29, 1.82) is 0 Å². The van der Waals surface area contributed by atoms with E-state index in [-0.39, 0.29) is 11.9 Å². The second-order valence-electron chi connectivity index (χ2n) is 5.52. The van der Waals surface area contributed by atoms with Crippen molar-refractivity contribution < 1.29 is 9.53 Å². The van der Waals surface area contributed by atoms with E-state index in [2.05, 4.69) is 10.2 Å². The Morgan fingerprint density at radius 1 is 1.21 bits per heavy atom. The Kier molecular flexibility index (Phi) is 6.07. The van der Waals surface area contributed by atoms with E-state index < -0.39 is 0 Å². The van der Waals surface area contributed by atoms with Gasteiger partial charge < -0.3 is 15.0 Å². The number of amides is 1. The smallest absolute Gasteiger partial charge is 0.239 e. The van der Waals surface area contributed by atoms with Gasteiger partial charge in [0, 0.05) is 26.2 Å². The minimum absolute atomic E-state index is 0.0391. The lowest BCUT2D eigenvalue weighted by molar-refractivity contribution is -0.131. The molecule has 2 rings (SSSR count). The topological polar surface area (TPSA) is 44.8 Å². The van der Waals surface area contributed by atoms with Crippen LogP contribution in [0.4, 0.5) is 0 Å². The third-order valence-electron chi connectivity index (χ3n) is 3.99. The molecule has 1 N–H and O–H groups in total. The summed E-state index contributed by atoms with van der Waals surface area (Å²) in [4.78, 5) is 16.5. The first-order valence-corrected chi connectivity index (χ1v) is 7.59. The molecule has 2 heterocycles. The molecule has 5 heteroatoms. The number of likely N-dealkylation sites (tertiary alicyclic amines) is 1. The first kappa shape index (κ1) is 14.8. The van der Waals surface area contributed by atoms with Crippen molar-refractivity contribution in [2.24, 2.45) is 0 Å². The molecule has 0 radical (unpaired) electrons. The summed E-state index contributed by atoms with van der Waals surface area (Å²) in [6.07, 6.45) is 3.42. The maximum Gasteiger partial charge on any atom is 0.239 e. The largest absolute Gasteiger partial charge is 0.379 e. The molecule has 0 aromatic heterocycles. The van der Waals surface area contributed by atoms with Gasteiger partial charge in [0.05, 0.1) is 19.3 Å². The van der Waals surface area contributed by atoms with Crippen LogP contribution in [0.2, 0.25) is 0 Å². The molecule has 0 aliphatic carbocycles. The molecule has 0 aromatic rings. The van der Waals surface area contributed by atoms with Gasteiger partial charge in [-0.2, -0.15) is 0 Å². The van der Waals surface area contributed by atoms with E-state index in [1.165, 1.54) is 0 Å². The predicted octanol–water partition coefficient (Wildman–Crippen LogP) is 0.309. The fourth-order valence-electron chi connectivity index (χ4n) is 2.74. The summed E-state index contributed by atoms with van der Waals surface area (Å²) >= 11 is 0. The van der Waals surface area contributed by atoms with E-state index in [1.807, 2.05) is 11.8 Å². The van der Waals surface area contributed by atoms with Crippen LogP contribution in [0.15, 0.2) is 0 Å². The molecule has 2 fully saturated rings. The van der Waals surface area contributed by atoms with E-state index in [0.29, 0.717) is 0 Å². The maximum atomic E-state index is 12.1. The molecule has 5 nitrogen and oxygen atoms in total. The van der Waals surface area contributed by atoms with Gasteiger partial charge in [-0.1, -0.05) is 0 Å². The van der Waals surface area contributed by atoms with E-state index in [1.54, 1.807) is 0 Å². The van der Waals surface area contributed by atoms with Gasteiger partial charge >= 0.3 is 0 Å². The zero-order chi connectivity index (χ0) is 13.5. The van der Waals surface area contributed by atoms with Crippen molar-refractivity contribution in [2.45, 2.75) is 32.2 Å². The fraction of sp³-hybridized carbons (Fsp3) is 0.929. The summed E-state index contributed by atoms with van der Waals surface area (Å²) in [6.45, 7) is 9.69. The first-order valence-electron chi connectivity index (χ1n) is 7.59. The minimum atomic E-state index is -0.0391. The Hall–Kier alpha value is -0.650. The number of carbonyl (C=O) groups excluding carboxylic acids is 1. The summed E-state index contributed by atoms with van der Waals surface area (Å²) in [5, 5.41) is 3.35. The second-order valence-corrected chi connectivity index (χ2v) is 5.52. The number of hydrogen-bond donors (Lipinski definition) is 1. The van der Waals surface area contributed by atoms with Gasteiger partial charge in [0.25, 0.3) is 0 Å². The number of nitrogens with zero attached hydrogens (tertiary/aromatic N) is 2. The lowest BCUT2D eigenvalue weighted by atomic mass is 10.2. The molecule has 0 bridgehead atoms. The number of hydrogen-bond acceptors (Lipinski definition) is 4. The number of ether oxygens (including phenoxy) is 1. The van der Waals surface area contributed by atoms with Crippen molar-refractivity contribution in [3.8, 4) is 0 Å². The summed E-state index contributed by atoms with van der Waals surface area (Å²) in [5.74, 6) is 0.267. The Morgan fingerprint density at radius 2 is 1.89 bits per heavy atom. The SMILES string of the molecule is CC(NCCCN1CCOCC1)C(=O)N1CCCC1. The molecule has 1 atom stereocenters. The molecular weight excluding hydrogens is 242 g/mol. The van der Waals surface area contributed by atoms with Gasteiger partial charge in [0.1, 0.15) is 0 Å². The number of rotatable bonds is 6. The molecule has 2 aliphatic rings.